The summed E-state index contributed by atoms with van der Waals surface area (Å²) in [6, 6.07) is 5.15. The molecule has 2 heterocycles. The van der Waals surface area contributed by atoms with Crippen LogP contribution in [0.5, 0.6) is 11.5 Å². The molecule has 138 valence electrons. The van der Waals surface area contributed by atoms with Crippen molar-refractivity contribution in [2.75, 3.05) is 19.1 Å². The van der Waals surface area contributed by atoms with E-state index >= 15 is 0 Å². The molecule has 0 radical (unpaired) electrons. The maximum atomic E-state index is 12.8. The lowest BCUT2D eigenvalue weighted by atomic mass is 10.1. The molecule has 0 bridgehead atoms. The Morgan fingerprint density at radius 2 is 1.70 bits per heavy atom. The first-order chi connectivity index (χ1) is 13.0. The predicted molar refractivity (Wildman–Crippen MR) is 97.8 cm³/mol. The van der Waals surface area contributed by atoms with E-state index in [1.165, 1.54) is 57.0 Å². The Hall–Kier alpha value is -3.39. The molecular formula is C18H14ClN3O5. The first-order valence-corrected chi connectivity index (χ1v) is 8.07. The van der Waals surface area contributed by atoms with Crippen LogP contribution < -0.4 is 19.7 Å². The van der Waals surface area contributed by atoms with Crippen LogP contribution in [-0.4, -0.2) is 37.0 Å². The minimum Gasteiger partial charge on any atom is -0.493 e. The number of anilines is 1. The lowest BCUT2D eigenvalue weighted by molar-refractivity contribution is -0.122. The van der Waals surface area contributed by atoms with Crippen LogP contribution in [0.2, 0.25) is 5.02 Å². The third-order valence-electron chi connectivity index (χ3n) is 3.83. The van der Waals surface area contributed by atoms with E-state index in [4.69, 9.17) is 21.1 Å². The molecule has 0 atom stereocenters. The summed E-state index contributed by atoms with van der Waals surface area (Å²) < 4.78 is 10.4. The Morgan fingerprint density at radius 1 is 1.07 bits per heavy atom. The van der Waals surface area contributed by atoms with Gasteiger partial charge in [-0.1, -0.05) is 11.6 Å². The van der Waals surface area contributed by atoms with Crippen LogP contribution in [0.1, 0.15) is 5.56 Å². The van der Waals surface area contributed by atoms with E-state index in [-0.39, 0.29) is 16.3 Å². The normalized spacial score (nSPS) is 15.7. The summed E-state index contributed by atoms with van der Waals surface area (Å²) in [7, 11) is 2.91. The number of amides is 4. The van der Waals surface area contributed by atoms with Gasteiger partial charge in [0.05, 0.1) is 24.9 Å². The van der Waals surface area contributed by atoms with E-state index in [9.17, 15) is 14.4 Å². The van der Waals surface area contributed by atoms with Gasteiger partial charge in [-0.15, -0.1) is 0 Å². The fourth-order valence-corrected chi connectivity index (χ4v) is 2.73. The van der Waals surface area contributed by atoms with Gasteiger partial charge in [0.2, 0.25) is 0 Å². The van der Waals surface area contributed by atoms with Gasteiger partial charge in [-0.3, -0.25) is 19.9 Å². The number of hydrogen-bond acceptors (Lipinski definition) is 6. The minimum atomic E-state index is -0.841. The summed E-state index contributed by atoms with van der Waals surface area (Å²) in [5, 5.41) is 2.38. The molecule has 0 unspecified atom stereocenters. The molecule has 1 aromatic carbocycles. The molecule has 1 aromatic heterocycles. The number of benzene rings is 1. The fourth-order valence-electron chi connectivity index (χ4n) is 2.52. The molecule has 2 aromatic rings. The number of carbonyl (C=O) groups excluding carboxylic acids is 3. The molecule has 0 spiro atoms. The molecule has 8 nitrogen and oxygen atoms in total. The van der Waals surface area contributed by atoms with Gasteiger partial charge in [-0.25, -0.2) is 9.69 Å². The molecule has 1 fully saturated rings. The Bertz CT molecular complexity index is 959. The zero-order valence-electron chi connectivity index (χ0n) is 14.4. The third-order valence-corrected chi connectivity index (χ3v) is 4.15. The molecule has 9 heteroatoms. The molecule has 27 heavy (non-hydrogen) atoms. The van der Waals surface area contributed by atoms with Gasteiger partial charge in [-0.05, 0) is 29.8 Å². The molecule has 4 amide bonds. The Balaban J connectivity index is 2.06. The zero-order chi connectivity index (χ0) is 19.6. The van der Waals surface area contributed by atoms with Crippen LogP contribution in [0.25, 0.3) is 6.08 Å². The van der Waals surface area contributed by atoms with Crippen LogP contribution in [0.15, 0.2) is 42.2 Å². The van der Waals surface area contributed by atoms with Gasteiger partial charge in [0, 0.05) is 18.5 Å². The second-order valence-corrected chi connectivity index (χ2v) is 5.80. The van der Waals surface area contributed by atoms with E-state index < -0.39 is 17.8 Å². The first-order valence-electron chi connectivity index (χ1n) is 7.69. The number of pyridine rings is 1. The number of ether oxygens (including phenoxy) is 2. The quantitative estimate of drug-likeness (QED) is 0.639. The maximum Gasteiger partial charge on any atom is 0.335 e. The van der Waals surface area contributed by atoms with Gasteiger partial charge in [0.25, 0.3) is 11.8 Å². The summed E-state index contributed by atoms with van der Waals surface area (Å²) in [4.78, 5) is 41.8. The van der Waals surface area contributed by atoms with Crippen molar-refractivity contribution in [2.45, 2.75) is 0 Å². The minimum absolute atomic E-state index is 0.244. The van der Waals surface area contributed by atoms with Crippen LogP contribution in [0.3, 0.4) is 0 Å². The molecule has 0 aliphatic carbocycles. The molecular weight excluding hydrogens is 374 g/mol. The number of methoxy groups -OCH3 is 2. The van der Waals surface area contributed by atoms with Crippen molar-refractivity contribution in [1.29, 1.82) is 0 Å². The number of aromatic nitrogens is 1. The summed E-state index contributed by atoms with van der Waals surface area (Å²) in [5.41, 5.74) is 0.390. The molecule has 1 N–H and O–H groups in total. The van der Waals surface area contributed by atoms with Crippen LogP contribution in [0.4, 0.5) is 10.5 Å². The van der Waals surface area contributed by atoms with Gasteiger partial charge in [0.15, 0.2) is 11.5 Å². The van der Waals surface area contributed by atoms with Gasteiger partial charge >= 0.3 is 6.03 Å². The zero-order valence-corrected chi connectivity index (χ0v) is 15.1. The summed E-state index contributed by atoms with van der Waals surface area (Å²) in [6.07, 6.45) is 4.16. The highest BCUT2D eigenvalue weighted by Crippen LogP contribution is 2.34. The smallest absolute Gasteiger partial charge is 0.335 e. The topological polar surface area (TPSA) is 97.8 Å². The van der Waals surface area contributed by atoms with Gasteiger partial charge < -0.3 is 9.47 Å². The summed E-state index contributed by atoms with van der Waals surface area (Å²) in [6.45, 7) is 0. The monoisotopic (exact) mass is 387 g/mol. The Kier molecular flexibility index (Phi) is 5.09. The van der Waals surface area contributed by atoms with Crippen molar-refractivity contribution < 1.29 is 23.9 Å². The second kappa shape index (κ2) is 7.46. The van der Waals surface area contributed by atoms with Crippen molar-refractivity contribution in [3.8, 4) is 11.5 Å². The van der Waals surface area contributed by atoms with Crippen LogP contribution in [0, 0.1) is 0 Å². The largest absolute Gasteiger partial charge is 0.493 e. The van der Waals surface area contributed by atoms with Crippen molar-refractivity contribution in [3.05, 3.63) is 52.8 Å². The van der Waals surface area contributed by atoms with E-state index in [0.717, 1.165) is 4.90 Å². The van der Waals surface area contributed by atoms with E-state index in [1.54, 1.807) is 0 Å². The number of urea groups is 1. The van der Waals surface area contributed by atoms with E-state index in [1.807, 2.05) is 0 Å². The number of nitrogens with zero attached hydrogens (tertiary/aromatic N) is 2. The van der Waals surface area contributed by atoms with Crippen LogP contribution in [-0.2, 0) is 9.59 Å². The number of rotatable bonds is 4. The highest BCUT2D eigenvalue weighted by Gasteiger charge is 2.36. The average molecular weight is 388 g/mol. The van der Waals surface area contributed by atoms with Crippen LogP contribution >= 0.6 is 11.6 Å². The molecule has 1 aliphatic rings. The highest BCUT2D eigenvalue weighted by atomic mass is 35.5. The van der Waals surface area contributed by atoms with Crippen molar-refractivity contribution in [3.63, 3.8) is 0 Å². The molecule has 0 saturated carbocycles. The SMILES string of the molecule is COc1cc(Cl)c(/C=C2\C(=O)NC(=O)N(c3ccncc3)C2=O)cc1OC. The highest BCUT2D eigenvalue weighted by molar-refractivity contribution is 6.40. The lowest BCUT2D eigenvalue weighted by Gasteiger charge is -2.26. The molecule has 1 saturated heterocycles. The predicted octanol–water partition coefficient (Wildman–Crippen LogP) is 2.42. The van der Waals surface area contributed by atoms with Crippen molar-refractivity contribution in [2.24, 2.45) is 0 Å². The molecule has 3 rings (SSSR count). The second-order valence-electron chi connectivity index (χ2n) is 5.39. The number of halogens is 1. The van der Waals surface area contributed by atoms with Crippen molar-refractivity contribution >= 4 is 41.2 Å². The van der Waals surface area contributed by atoms with E-state index in [0.29, 0.717) is 17.1 Å². The van der Waals surface area contributed by atoms with Crippen molar-refractivity contribution in [1.82, 2.24) is 10.3 Å². The standard InChI is InChI=1S/C18H14ClN3O5/c1-26-14-8-10(13(19)9-15(14)27-2)7-12-16(23)21-18(25)22(17(12)24)11-3-5-20-6-4-11/h3-9H,1-2H3,(H,21,23,25)/b12-7+. The summed E-state index contributed by atoms with van der Waals surface area (Å²) >= 11 is 6.22. The maximum absolute atomic E-state index is 12.8. The Labute approximate surface area is 159 Å². The lowest BCUT2D eigenvalue weighted by Crippen LogP contribution is -2.54. The number of carbonyl (C=O) groups is 3. The summed E-state index contributed by atoms with van der Waals surface area (Å²) in [5.74, 6) is -0.820. The Morgan fingerprint density at radius 3 is 2.33 bits per heavy atom. The third kappa shape index (κ3) is 3.47. The van der Waals surface area contributed by atoms with Gasteiger partial charge in [0.1, 0.15) is 5.57 Å². The number of imide groups is 2. The van der Waals surface area contributed by atoms with E-state index in [2.05, 4.69) is 10.3 Å². The number of hydrogen-bond donors (Lipinski definition) is 1. The average Bonchev–Trinajstić information content (AvgIpc) is 2.66. The molecule has 1 aliphatic heterocycles. The van der Waals surface area contributed by atoms with Gasteiger partial charge in [-0.2, -0.15) is 0 Å². The number of nitrogens with one attached hydrogen (secondary N) is 1. The number of barbiturate groups is 1. The first kappa shape index (κ1) is 18.4. The fraction of sp³-hybridized carbons (Fsp3) is 0.111.